The van der Waals surface area contributed by atoms with Gasteiger partial charge in [0.1, 0.15) is 23.2 Å². The molecule has 0 saturated heterocycles. The SMILES string of the molecule is CC(C(=O)NCc1ccc(O)c(-c2cc(C(C)(C)C(N)=O)cc(-c3nc4ccc(C(=N)N)cc4[nH]3)c2O)c1)[C@@H](C)O. The van der Waals surface area contributed by atoms with E-state index in [-0.39, 0.29) is 52.3 Å². The molecule has 0 spiro atoms. The number of aliphatic hydroxyl groups is 1. The van der Waals surface area contributed by atoms with Gasteiger partial charge in [0, 0.05) is 23.2 Å². The van der Waals surface area contributed by atoms with Gasteiger partial charge < -0.3 is 37.1 Å². The van der Waals surface area contributed by atoms with E-state index in [1.165, 1.54) is 13.0 Å². The van der Waals surface area contributed by atoms with Gasteiger partial charge in [0.05, 0.1) is 34.0 Å². The number of amides is 2. The van der Waals surface area contributed by atoms with Crippen molar-refractivity contribution in [1.29, 1.82) is 5.41 Å². The van der Waals surface area contributed by atoms with Gasteiger partial charge >= 0.3 is 0 Å². The van der Waals surface area contributed by atoms with Crippen LogP contribution in [0.2, 0.25) is 0 Å². The van der Waals surface area contributed by atoms with E-state index in [1.54, 1.807) is 63.2 Å². The van der Waals surface area contributed by atoms with Gasteiger partial charge in [-0.05, 0) is 74.4 Å². The zero-order valence-electron chi connectivity index (χ0n) is 23.2. The minimum absolute atomic E-state index is 0.106. The summed E-state index contributed by atoms with van der Waals surface area (Å²) in [5, 5.41) is 42.5. The van der Waals surface area contributed by atoms with Gasteiger partial charge in [-0.2, -0.15) is 0 Å². The fourth-order valence-electron chi connectivity index (χ4n) is 4.31. The number of aromatic amines is 1. The van der Waals surface area contributed by atoms with E-state index in [4.69, 9.17) is 16.9 Å². The molecule has 0 aliphatic heterocycles. The first-order valence-electron chi connectivity index (χ1n) is 13.0. The number of fused-ring (bicyclic) bond motifs is 1. The molecule has 1 heterocycles. The van der Waals surface area contributed by atoms with E-state index in [0.717, 1.165) is 0 Å². The molecule has 1 aromatic heterocycles. The summed E-state index contributed by atoms with van der Waals surface area (Å²) in [6.45, 7) is 6.58. The third kappa shape index (κ3) is 5.71. The Bertz CT molecular complexity index is 1670. The summed E-state index contributed by atoms with van der Waals surface area (Å²) in [4.78, 5) is 32.5. The number of aliphatic hydroxyl groups excluding tert-OH is 1. The Morgan fingerprint density at radius 3 is 2.34 bits per heavy atom. The molecule has 11 heteroatoms. The van der Waals surface area contributed by atoms with Crippen molar-refractivity contribution < 1.29 is 24.9 Å². The lowest BCUT2D eigenvalue weighted by Gasteiger charge is -2.24. The average molecular weight is 559 g/mol. The van der Waals surface area contributed by atoms with E-state index in [0.29, 0.717) is 27.7 Å². The standard InChI is InChI=1S/C30H34N6O5/c1-14(15(2)37)28(40)34-13-16-5-8-24(38)19(9-16)20-11-18(30(3,4)29(33)41)12-21(25(20)39)27-35-22-7-6-17(26(31)32)10-23(22)36-27/h5-12,14-15,37-39H,13H2,1-4H3,(H3,31,32)(H2,33,41)(H,34,40)(H,35,36)/t14?,15-/m1/s1. The molecule has 0 aliphatic carbocycles. The Morgan fingerprint density at radius 1 is 1.02 bits per heavy atom. The van der Waals surface area contributed by atoms with E-state index in [1.807, 2.05) is 0 Å². The molecule has 0 fully saturated rings. The number of carbonyl (C=O) groups excluding carboxylic acids is 2. The van der Waals surface area contributed by atoms with Crippen molar-refractivity contribution >= 4 is 28.7 Å². The number of carbonyl (C=O) groups is 2. The van der Waals surface area contributed by atoms with Crippen LogP contribution < -0.4 is 16.8 Å². The number of hydrogen-bond donors (Lipinski definition) is 8. The number of phenols is 2. The molecule has 2 amide bonds. The van der Waals surface area contributed by atoms with Crippen LogP contribution in [-0.4, -0.2) is 49.0 Å². The number of aromatic hydroxyl groups is 2. The Hall–Kier alpha value is -4.90. The zero-order chi connectivity index (χ0) is 30.2. The number of hydrogen-bond acceptors (Lipinski definition) is 7. The number of imidazole rings is 1. The highest BCUT2D eigenvalue weighted by Crippen LogP contribution is 2.44. The summed E-state index contributed by atoms with van der Waals surface area (Å²) >= 11 is 0. The topological polar surface area (TPSA) is 211 Å². The van der Waals surface area contributed by atoms with Gasteiger partial charge in [-0.1, -0.05) is 13.0 Å². The summed E-state index contributed by atoms with van der Waals surface area (Å²) in [6, 6.07) is 12.9. The first kappa shape index (κ1) is 29.1. The number of nitrogens with two attached hydrogens (primary N) is 2. The van der Waals surface area contributed by atoms with Crippen molar-refractivity contribution in [3.63, 3.8) is 0 Å². The van der Waals surface area contributed by atoms with E-state index >= 15 is 0 Å². The van der Waals surface area contributed by atoms with Crippen LogP contribution in [0.15, 0.2) is 48.5 Å². The van der Waals surface area contributed by atoms with Crippen LogP contribution in [-0.2, 0) is 21.5 Å². The van der Waals surface area contributed by atoms with Crippen molar-refractivity contribution in [2.45, 2.75) is 45.8 Å². The number of nitrogens with zero attached hydrogens (tertiary/aromatic N) is 1. The normalized spacial score (nSPS) is 13.1. The second kappa shape index (κ2) is 10.9. The summed E-state index contributed by atoms with van der Waals surface area (Å²) in [7, 11) is 0. The molecule has 0 bridgehead atoms. The predicted molar refractivity (Wildman–Crippen MR) is 156 cm³/mol. The number of aromatic nitrogens is 2. The van der Waals surface area contributed by atoms with Crippen LogP contribution in [0, 0.1) is 11.3 Å². The van der Waals surface area contributed by atoms with E-state index < -0.39 is 23.3 Å². The molecule has 4 aromatic rings. The number of nitrogens with one attached hydrogen (secondary N) is 3. The third-order valence-corrected chi connectivity index (χ3v) is 7.45. The molecular formula is C30H34N6O5. The number of H-pyrrole nitrogens is 1. The van der Waals surface area contributed by atoms with Crippen LogP contribution in [0.3, 0.4) is 0 Å². The van der Waals surface area contributed by atoms with Crippen molar-refractivity contribution in [3.05, 3.63) is 65.2 Å². The number of benzene rings is 3. The van der Waals surface area contributed by atoms with E-state index in [9.17, 15) is 24.9 Å². The molecule has 3 aromatic carbocycles. The molecule has 0 radical (unpaired) electrons. The van der Waals surface area contributed by atoms with Gasteiger partial charge in [0.2, 0.25) is 11.8 Å². The molecule has 0 saturated carbocycles. The molecule has 10 N–H and O–H groups in total. The predicted octanol–water partition coefficient (Wildman–Crippen LogP) is 2.99. The van der Waals surface area contributed by atoms with Crippen molar-refractivity contribution in [1.82, 2.24) is 15.3 Å². The summed E-state index contributed by atoms with van der Waals surface area (Å²) in [6.07, 6.45) is -0.815. The molecule has 4 rings (SSSR count). The number of amidine groups is 1. The fourth-order valence-corrected chi connectivity index (χ4v) is 4.31. The highest BCUT2D eigenvalue weighted by Gasteiger charge is 2.31. The second-order valence-corrected chi connectivity index (χ2v) is 10.7. The van der Waals surface area contributed by atoms with Crippen LogP contribution in [0.4, 0.5) is 0 Å². The molecule has 214 valence electrons. The van der Waals surface area contributed by atoms with Crippen LogP contribution in [0.5, 0.6) is 11.5 Å². The number of phenolic OH excluding ortho intramolecular Hbond substituents is 2. The first-order valence-corrected chi connectivity index (χ1v) is 13.0. The quantitative estimate of drug-likeness (QED) is 0.113. The molecule has 2 atom stereocenters. The third-order valence-electron chi connectivity index (χ3n) is 7.45. The monoisotopic (exact) mass is 558 g/mol. The lowest BCUT2D eigenvalue weighted by Crippen LogP contribution is -2.35. The Morgan fingerprint density at radius 2 is 1.71 bits per heavy atom. The highest BCUT2D eigenvalue weighted by molar-refractivity contribution is 5.98. The second-order valence-electron chi connectivity index (χ2n) is 10.7. The summed E-state index contributed by atoms with van der Waals surface area (Å²) in [5.41, 5.74) is 13.7. The summed E-state index contributed by atoms with van der Waals surface area (Å²) in [5.74, 6) is -1.70. The number of primary amides is 1. The van der Waals surface area contributed by atoms with Crippen molar-refractivity contribution in [2.24, 2.45) is 17.4 Å². The maximum absolute atomic E-state index is 12.4. The van der Waals surface area contributed by atoms with Crippen molar-refractivity contribution in [2.75, 3.05) is 0 Å². The molecule has 1 unspecified atom stereocenters. The molecular weight excluding hydrogens is 524 g/mol. The Kier molecular flexibility index (Phi) is 7.76. The van der Waals surface area contributed by atoms with Crippen LogP contribution in [0.1, 0.15) is 44.4 Å². The molecule has 0 aliphatic rings. The Balaban J connectivity index is 1.86. The van der Waals surface area contributed by atoms with Gasteiger partial charge in [-0.25, -0.2) is 4.98 Å². The average Bonchev–Trinajstić information content (AvgIpc) is 3.35. The lowest BCUT2D eigenvalue weighted by molar-refractivity contribution is -0.127. The zero-order valence-corrected chi connectivity index (χ0v) is 23.2. The van der Waals surface area contributed by atoms with Gasteiger partial charge in [0.15, 0.2) is 0 Å². The molecule has 11 nitrogen and oxygen atoms in total. The van der Waals surface area contributed by atoms with Crippen LogP contribution >= 0.6 is 0 Å². The van der Waals surface area contributed by atoms with Crippen molar-refractivity contribution in [3.8, 4) is 34.0 Å². The minimum atomic E-state index is -1.15. The summed E-state index contributed by atoms with van der Waals surface area (Å²) < 4.78 is 0. The van der Waals surface area contributed by atoms with Gasteiger partial charge in [-0.15, -0.1) is 0 Å². The lowest BCUT2D eigenvalue weighted by atomic mass is 9.81. The fraction of sp³-hybridized carbons (Fsp3) is 0.267. The largest absolute Gasteiger partial charge is 0.507 e. The van der Waals surface area contributed by atoms with Gasteiger partial charge in [0.25, 0.3) is 0 Å². The number of rotatable bonds is 9. The smallest absolute Gasteiger partial charge is 0.227 e. The Labute approximate surface area is 236 Å². The maximum Gasteiger partial charge on any atom is 0.227 e. The first-order chi connectivity index (χ1) is 19.2. The number of nitrogen functional groups attached to an aromatic ring is 1. The van der Waals surface area contributed by atoms with Gasteiger partial charge in [-0.3, -0.25) is 15.0 Å². The highest BCUT2D eigenvalue weighted by atomic mass is 16.3. The maximum atomic E-state index is 12.4. The minimum Gasteiger partial charge on any atom is -0.507 e. The van der Waals surface area contributed by atoms with Crippen LogP contribution in [0.25, 0.3) is 33.5 Å². The molecule has 41 heavy (non-hydrogen) atoms. The van der Waals surface area contributed by atoms with E-state index in [2.05, 4.69) is 15.3 Å².